The number of hydrogen-bond donors (Lipinski definition) is 2. The van der Waals surface area contributed by atoms with Crippen LogP contribution in [0.5, 0.6) is 0 Å². The van der Waals surface area contributed by atoms with Gasteiger partial charge in [-0.3, -0.25) is 4.79 Å². The van der Waals surface area contributed by atoms with E-state index in [2.05, 4.69) is 43.5 Å². The van der Waals surface area contributed by atoms with E-state index in [4.69, 9.17) is 0 Å². The van der Waals surface area contributed by atoms with Crippen molar-refractivity contribution < 1.29 is 4.79 Å². The van der Waals surface area contributed by atoms with Crippen LogP contribution in [0.2, 0.25) is 0 Å². The zero-order valence-corrected chi connectivity index (χ0v) is 11.6. The average molecular weight is 248 g/mol. The van der Waals surface area contributed by atoms with Crippen LogP contribution >= 0.6 is 0 Å². The molecule has 0 aliphatic heterocycles. The van der Waals surface area contributed by atoms with Crippen LogP contribution in [0.1, 0.15) is 37.8 Å². The summed E-state index contributed by atoms with van der Waals surface area (Å²) in [5, 5.41) is 6.26. The van der Waals surface area contributed by atoms with Crippen molar-refractivity contribution in [2.45, 2.75) is 46.2 Å². The molecular formula is C15H24N2O. The second-order valence-corrected chi connectivity index (χ2v) is 4.92. The SMILES string of the molecule is Cc1ccccc1CNC(=O)CCCNC(C)C. The number of rotatable bonds is 7. The highest BCUT2D eigenvalue weighted by Crippen LogP contribution is 2.06. The predicted molar refractivity (Wildman–Crippen MR) is 75.4 cm³/mol. The second kappa shape index (κ2) is 7.88. The fourth-order valence-corrected chi connectivity index (χ4v) is 1.73. The van der Waals surface area contributed by atoms with Crippen LogP contribution in [0, 0.1) is 6.92 Å². The number of carbonyl (C=O) groups is 1. The first kappa shape index (κ1) is 14.7. The van der Waals surface area contributed by atoms with E-state index >= 15 is 0 Å². The Morgan fingerprint density at radius 3 is 2.67 bits per heavy atom. The van der Waals surface area contributed by atoms with Gasteiger partial charge in [-0.15, -0.1) is 0 Å². The van der Waals surface area contributed by atoms with Gasteiger partial charge in [-0.05, 0) is 31.0 Å². The molecule has 18 heavy (non-hydrogen) atoms. The van der Waals surface area contributed by atoms with Gasteiger partial charge in [0.25, 0.3) is 0 Å². The molecule has 3 heteroatoms. The first-order chi connectivity index (χ1) is 8.59. The Morgan fingerprint density at radius 2 is 2.00 bits per heavy atom. The highest BCUT2D eigenvalue weighted by Gasteiger charge is 2.02. The molecule has 0 fully saturated rings. The summed E-state index contributed by atoms with van der Waals surface area (Å²) in [6.07, 6.45) is 1.48. The van der Waals surface area contributed by atoms with E-state index in [0.29, 0.717) is 19.0 Å². The van der Waals surface area contributed by atoms with Crippen LogP contribution in [-0.4, -0.2) is 18.5 Å². The molecule has 0 aliphatic carbocycles. The van der Waals surface area contributed by atoms with E-state index in [1.165, 1.54) is 11.1 Å². The maximum Gasteiger partial charge on any atom is 0.220 e. The number of hydrogen-bond acceptors (Lipinski definition) is 2. The third kappa shape index (κ3) is 5.82. The number of amides is 1. The Hall–Kier alpha value is -1.35. The summed E-state index contributed by atoms with van der Waals surface area (Å²) in [4.78, 5) is 11.6. The van der Waals surface area contributed by atoms with Gasteiger partial charge in [0.1, 0.15) is 0 Å². The van der Waals surface area contributed by atoms with Gasteiger partial charge < -0.3 is 10.6 Å². The normalized spacial score (nSPS) is 10.7. The highest BCUT2D eigenvalue weighted by atomic mass is 16.1. The molecule has 3 nitrogen and oxygen atoms in total. The van der Waals surface area contributed by atoms with Gasteiger partial charge >= 0.3 is 0 Å². The second-order valence-electron chi connectivity index (χ2n) is 4.92. The topological polar surface area (TPSA) is 41.1 Å². The van der Waals surface area contributed by atoms with E-state index < -0.39 is 0 Å². The lowest BCUT2D eigenvalue weighted by atomic mass is 10.1. The summed E-state index contributed by atoms with van der Waals surface area (Å²) in [6.45, 7) is 7.81. The zero-order chi connectivity index (χ0) is 13.4. The monoisotopic (exact) mass is 248 g/mol. The van der Waals surface area contributed by atoms with Crippen LogP contribution < -0.4 is 10.6 Å². The number of benzene rings is 1. The molecule has 0 bridgehead atoms. The van der Waals surface area contributed by atoms with Crippen molar-refractivity contribution in [3.63, 3.8) is 0 Å². The Kier molecular flexibility index (Phi) is 6.44. The summed E-state index contributed by atoms with van der Waals surface area (Å²) in [6, 6.07) is 8.61. The first-order valence-electron chi connectivity index (χ1n) is 6.64. The third-order valence-electron chi connectivity index (χ3n) is 2.87. The van der Waals surface area contributed by atoms with Crippen molar-refractivity contribution in [1.82, 2.24) is 10.6 Å². The van der Waals surface area contributed by atoms with E-state index in [1.807, 2.05) is 12.1 Å². The van der Waals surface area contributed by atoms with Crippen LogP contribution in [0.25, 0.3) is 0 Å². The molecule has 100 valence electrons. The third-order valence-corrected chi connectivity index (χ3v) is 2.87. The summed E-state index contributed by atoms with van der Waals surface area (Å²) in [7, 11) is 0. The Morgan fingerprint density at radius 1 is 1.28 bits per heavy atom. The van der Waals surface area contributed by atoms with Gasteiger partial charge in [0.15, 0.2) is 0 Å². The fraction of sp³-hybridized carbons (Fsp3) is 0.533. The molecule has 1 aromatic carbocycles. The van der Waals surface area contributed by atoms with E-state index in [1.54, 1.807) is 0 Å². The van der Waals surface area contributed by atoms with Gasteiger partial charge in [-0.1, -0.05) is 38.1 Å². The van der Waals surface area contributed by atoms with Crippen LogP contribution in [0.4, 0.5) is 0 Å². The van der Waals surface area contributed by atoms with Crippen molar-refractivity contribution in [3.05, 3.63) is 35.4 Å². The van der Waals surface area contributed by atoms with Crippen LogP contribution in [0.15, 0.2) is 24.3 Å². The van der Waals surface area contributed by atoms with E-state index in [0.717, 1.165) is 13.0 Å². The molecule has 0 saturated carbocycles. The summed E-state index contributed by atoms with van der Waals surface area (Å²) in [5.74, 6) is 0.129. The van der Waals surface area contributed by atoms with E-state index in [9.17, 15) is 4.79 Å². The minimum atomic E-state index is 0.129. The molecule has 2 N–H and O–H groups in total. The Labute approximate surface area is 110 Å². The van der Waals surface area contributed by atoms with Crippen molar-refractivity contribution in [2.75, 3.05) is 6.54 Å². The predicted octanol–water partition coefficient (Wildman–Crippen LogP) is 2.39. The minimum Gasteiger partial charge on any atom is -0.352 e. The summed E-state index contributed by atoms with van der Waals surface area (Å²) >= 11 is 0. The maximum atomic E-state index is 11.6. The molecule has 0 radical (unpaired) electrons. The number of carbonyl (C=O) groups excluding carboxylic acids is 1. The largest absolute Gasteiger partial charge is 0.352 e. The minimum absolute atomic E-state index is 0.129. The molecule has 0 aliphatic rings. The lowest BCUT2D eigenvalue weighted by molar-refractivity contribution is -0.121. The fourth-order valence-electron chi connectivity index (χ4n) is 1.73. The Bertz CT molecular complexity index is 375. The molecule has 0 heterocycles. The smallest absolute Gasteiger partial charge is 0.220 e. The lowest BCUT2D eigenvalue weighted by Crippen LogP contribution is -2.27. The average Bonchev–Trinajstić information content (AvgIpc) is 2.33. The van der Waals surface area contributed by atoms with Crippen LogP contribution in [0.3, 0.4) is 0 Å². The molecule has 0 aromatic heterocycles. The Balaban J connectivity index is 2.19. The molecule has 0 spiro atoms. The van der Waals surface area contributed by atoms with Crippen molar-refractivity contribution in [3.8, 4) is 0 Å². The van der Waals surface area contributed by atoms with Gasteiger partial charge in [-0.2, -0.15) is 0 Å². The molecule has 0 unspecified atom stereocenters. The lowest BCUT2D eigenvalue weighted by Gasteiger charge is -2.09. The van der Waals surface area contributed by atoms with Gasteiger partial charge in [0.2, 0.25) is 5.91 Å². The van der Waals surface area contributed by atoms with Gasteiger partial charge in [-0.25, -0.2) is 0 Å². The van der Waals surface area contributed by atoms with Crippen molar-refractivity contribution in [2.24, 2.45) is 0 Å². The zero-order valence-electron chi connectivity index (χ0n) is 11.6. The standard InChI is InChI=1S/C15H24N2O/c1-12(2)16-10-6-9-15(18)17-11-14-8-5-4-7-13(14)3/h4-5,7-8,12,16H,6,9-11H2,1-3H3,(H,17,18). The summed E-state index contributed by atoms with van der Waals surface area (Å²) in [5.41, 5.74) is 2.41. The first-order valence-corrected chi connectivity index (χ1v) is 6.64. The van der Waals surface area contributed by atoms with Crippen molar-refractivity contribution >= 4 is 5.91 Å². The molecule has 0 saturated heterocycles. The number of nitrogens with one attached hydrogen (secondary N) is 2. The molecule has 1 aromatic rings. The van der Waals surface area contributed by atoms with Gasteiger partial charge in [0, 0.05) is 19.0 Å². The molecule has 1 amide bonds. The molecule has 1 rings (SSSR count). The quantitative estimate of drug-likeness (QED) is 0.727. The number of aryl methyl sites for hydroxylation is 1. The van der Waals surface area contributed by atoms with Crippen LogP contribution in [-0.2, 0) is 11.3 Å². The molecule has 0 atom stereocenters. The van der Waals surface area contributed by atoms with Gasteiger partial charge in [0.05, 0.1) is 0 Å². The highest BCUT2D eigenvalue weighted by molar-refractivity contribution is 5.75. The van der Waals surface area contributed by atoms with E-state index in [-0.39, 0.29) is 5.91 Å². The summed E-state index contributed by atoms with van der Waals surface area (Å²) < 4.78 is 0. The van der Waals surface area contributed by atoms with Crippen molar-refractivity contribution in [1.29, 1.82) is 0 Å². The maximum absolute atomic E-state index is 11.6. The molecular weight excluding hydrogens is 224 g/mol.